The van der Waals surface area contributed by atoms with Crippen LogP contribution < -0.4 is 15.5 Å². The topological polar surface area (TPSA) is 61.4 Å². The van der Waals surface area contributed by atoms with Crippen LogP contribution in [0.5, 0.6) is 0 Å². The van der Waals surface area contributed by atoms with Gasteiger partial charge in [-0.2, -0.15) is 0 Å². The monoisotopic (exact) mass is 381 g/mol. The highest BCUT2D eigenvalue weighted by Gasteiger charge is 2.14. The molecule has 0 spiro atoms. The van der Waals surface area contributed by atoms with Crippen LogP contribution >= 0.6 is 0 Å². The first kappa shape index (κ1) is 21.5. The van der Waals surface area contributed by atoms with Gasteiger partial charge in [-0.05, 0) is 40.8 Å². The molecule has 0 radical (unpaired) electrons. The molecule has 0 unspecified atom stereocenters. The van der Waals surface area contributed by atoms with Crippen molar-refractivity contribution in [2.75, 3.05) is 25.5 Å². The van der Waals surface area contributed by atoms with E-state index in [2.05, 4.69) is 31.4 Å². The van der Waals surface area contributed by atoms with Crippen molar-refractivity contribution >= 4 is 17.5 Å². The van der Waals surface area contributed by atoms with Crippen LogP contribution in [0.15, 0.2) is 48.5 Å². The number of benzene rings is 2. The first-order chi connectivity index (χ1) is 13.2. The van der Waals surface area contributed by atoms with E-state index >= 15 is 0 Å². The van der Waals surface area contributed by atoms with E-state index in [1.165, 1.54) is 5.56 Å². The summed E-state index contributed by atoms with van der Waals surface area (Å²) in [5.41, 5.74) is 4.01. The van der Waals surface area contributed by atoms with Gasteiger partial charge in [-0.1, -0.05) is 45.0 Å². The van der Waals surface area contributed by atoms with E-state index in [4.69, 9.17) is 0 Å². The largest absolute Gasteiger partial charge is 0.378 e. The van der Waals surface area contributed by atoms with Crippen LogP contribution in [0.3, 0.4) is 0 Å². The number of carbonyl (C=O) groups excluding carboxylic acids is 2. The molecule has 2 aromatic rings. The molecule has 0 aliphatic rings. The van der Waals surface area contributed by atoms with E-state index in [0.717, 1.165) is 11.3 Å². The van der Waals surface area contributed by atoms with Crippen molar-refractivity contribution in [2.45, 2.75) is 39.2 Å². The molecular weight excluding hydrogens is 350 g/mol. The molecule has 0 aliphatic heterocycles. The molecule has 0 saturated heterocycles. The molecule has 0 heterocycles. The minimum atomic E-state index is -0.160. The molecule has 2 N–H and O–H groups in total. The summed E-state index contributed by atoms with van der Waals surface area (Å²) in [6.07, 6.45) is 0.252. The van der Waals surface area contributed by atoms with Crippen molar-refractivity contribution in [1.29, 1.82) is 0 Å². The Labute approximate surface area is 168 Å². The van der Waals surface area contributed by atoms with Crippen LogP contribution in [0, 0.1) is 0 Å². The Kier molecular flexibility index (Phi) is 7.21. The summed E-state index contributed by atoms with van der Waals surface area (Å²) in [6, 6.07) is 15.6. The van der Waals surface area contributed by atoms with Crippen LogP contribution in [0.1, 0.15) is 48.7 Å². The molecule has 28 heavy (non-hydrogen) atoms. The molecule has 0 aliphatic carbocycles. The second-order valence-electron chi connectivity index (χ2n) is 8.17. The van der Waals surface area contributed by atoms with Crippen molar-refractivity contribution in [3.05, 3.63) is 65.2 Å². The van der Waals surface area contributed by atoms with E-state index < -0.39 is 0 Å². The summed E-state index contributed by atoms with van der Waals surface area (Å²) in [5.74, 6) is -0.243. The number of amides is 2. The van der Waals surface area contributed by atoms with Crippen molar-refractivity contribution in [2.24, 2.45) is 0 Å². The van der Waals surface area contributed by atoms with Crippen molar-refractivity contribution in [3.8, 4) is 0 Å². The average Bonchev–Trinajstić information content (AvgIpc) is 2.66. The molecule has 2 aromatic carbocycles. The van der Waals surface area contributed by atoms with E-state index in [-0.39, 0.29) is 23.7 Å². The minimum Gasteiger partial charge on any atom is -0.378 e. The fourth-order valence-electron chi connectivity index (χ4n) is 2.71. The predicted octanol–water partition coefficient (Wildman–Crippen LogP) is 3.49. The third kappa shape index (κ3) is 6.41. The first-order valence-electron chi connectivity index (χ1n) is 9.58. The van der Waals surface area contributed by atoms with Gasteiger partial charge in [-0.15, -0.1) is 0 Å². The summed E-state index contributed by atoms with van der Waals surface area (Å²) >= 11 is 0. The molecule has 5 heteroatoms. The summed E-state index contributed by atoms with van der Waals surface area (Å²) in [5, 5.41) is 5.68. The summed E-state index contributed by atoms with van der Waals surface area (Å²) in [7, 11) is 3.98. The van der Waals surface area contributed by atoms with E-state index in [9.17, 15) is 9.59 Å². The maximum absolute atomic E-state index is 12.2. The molecule has 0 fully saturated rings. The fraction of sp³-hybridized carbons (Fsp3) is 0.391. The third-order valence-electron chi connectivity index (χ3n) is 4.59. The highest BCUT2D eigenvalue weighted by Crippen LogP contribution is 2.22. The number of carbonyl (C=O) groups is 2. The lowest BCUT2D eigenvalue weighted by atomic mass is 9.87. The molecular formula is C23H31N3O2. The molecule has 0 atom stereocenters. The van der Waals surface area contributed by atoms with Crippen LogP contribution in [0.25, 0.3) is 0 Å². The standard InChI is InChI=1S/C23H31N3O2/c1-23(2,3)19-10-8-18(9-11-19)22(28)24-15-14-21(27)25-16-17-6-12-20(13-7-17)26(4)5/h6-13H,14-16H2,1-5H3,(H,24,28)(H,25,27). The second kappa shape index (κ2) is 9.40. The Hall–Kier alpha value is -2.82. The zero-order valence-electron chi connectivity index (χ0n) is 17.5. The van der Waals surface area contributed by atoms with Crippen molar-refractivity contribution in [3.63, 3.8) is 0 Å². The van der Waals surface area contributed by atoms with Crippen molar-refractivity contribution < 1.29 is 9.59 Å². The molecule has 0 bridgehead atoms. The van der Waals surface area contributed by atoms with E-state index in [1.54, 1.807) is 0 Å². The van der Waals surface area contributed by atoms with Gasteiger partial charge in [-0.25, -0.2) is 0 Å². The first-order valence-corrected chi connectivity index (χ1v) is 9.58. The van der Waals surface area contributed by atoms with Crippen molar-refractivity contribution in [1.82, 2.24) is 10.6 Å². The van der Waals surface area contributed by atoms with E-state index in [1.807, 2.05) is 67.5 Å². The normalized spacial score (nSPS) is 11.0. The molecule has 5 nitrogen and oxygen atoms in total. The fourth-order valence-corrected chi connectivity index (χ4v) is 2.71. The third-order valence-corrected chi connectivity index (χ3v) is 4.59. The number of nitrogens with zero attached hydrogens (tertiary/aromatic N) is 1. The van der Waals surface area contributed by atoms with Gasteiger partial charge in [-0.3, -0.25) is 9.59 Å². The number of rotatable bonds is 7. The van der Waals surface area contributed by atoms with Gasteiger partial charge in [0.15, 0.2) is 0 Å². The molecule has 2 rings (SSSR count). The van der Waals surface area contributed by atoms with Crippen LogP contribution in [0.4, 0.5) is 5.69 Å². The highest BCUT2D eigenvalue weighted by atomic mass is 16.2. The summed E-state index contributed by atoms with van der Waals surface area (Å²) < 4.78 is 0. The van der Waals surface area contributed by atoms with Gasteiger partial charge in [0.25, 0.3) is 5.91 Å². The van der Waals surface area contributed by atoms with E-state index in [0.29, 0.717) is 18.7 Å². The second-order valence-corrected chi connectivity index (χ2v) is 8.17. The molecule has 2 amide bonds. The minimum absolute atomic E-state index is 0.0554. The summed E-state index contributed by atoms with van der Waals surface area (Å²) in [6.45, 7) is 7.20. The number of nitrogens with one attached hydrogen (secondary N) is 2. The quantitative estimate of drug-likeness (QED) is 0.772. The lowest BCUT2D eigenvalue weighted by molar-refractivity contribution is -0.121. The Morgan fingerprint density at radius 3 is 2.04 bits per heavy atom. The van der Waals surface area contributed by atoms with Gasteiger partial charge in [0.05, 0.1) is 0 Å². The SMILES string of the molecule is CN(C)c1ccc(CNC(=O)CCNC(=O)c2ccc(C(C)(C)C)cc2)cc1. The molecule has 0 saturated carbocycles. The van der Waals surface area contributed by atoms with Gasteiger partial charge in [0.1, 0.15) is 0 Å². The maximum atomic E-state index is 12.2. The zero-order valence-corrected chi connectivity index (χ0v) is 17.5. The molecule has 0 aromatic heterocycles. The Balaban J connectivity index is 1.73. The zero-order chi connectivity index (χ0) is 20.7. The lowest BCUT2D eigenvalue weighted by Gasteiger charge is -2.19. The van der Waals surface area contributed by atoms with Crippen LogP contribution in [0.2, 0.25) is 0 Å². The Morgan fingerprint density at radius 1 is 0.893 bits per heavy atom. The predicted molar refractivity (Wildman–Crippen MR) is 115 cm³/mol. The summed E-state index contributed by atoms with van der Waals surface area (Å²) in [4.78, 5) is 26.2. The van der Waals surface area contributed by atoms with Crippen LogP contribution in [-0.2, 0) is 16.8 Å². The van der Waals surface area contributed by atoms with Gasteiger partial charge in [0.2, 0.25) is 5.91 Å². The van der Waals surface area contributed by atoms with Gasteiger partial charge in [0, 0.05) is 44.9 Å². The maximum Gasteiger partial charge on any atom is 0.251 e. The average molecular weight is 382 g/mol. The number of anilines is 1. The Morgan fingerprint density at radius 2 is 1.50 bits per heavy atom. The van der Waals surface area contributed by atoms with Gasteiger partial charge < -0.3 is 15.5 Å². The molecule has 150 valence electrons. The lowest BCUT2D eigenvalue weighted by Crippen LogP contribution is -2.30. The van der Waals surface area contributed by atoms with Crippen LogP contribution in [-0.4, -0.2) is 32.5 Å². The van der Waals surface area contributed by atoms with Gasteiger partial charge >= 0.3 is 0 Å². The number of hydrogen-bond acceptors (Lipinski definition) is 3. The smallest absolute Gasteiger partial charge is 0.251 e. The number of hydrogen-bond donors (Lipinski definition) is 2. The highest BCUT2D eigenvalue weighted by molar-refractivity contribution is 5.94. The Bertz CT molecular complexity index is 788.